The van der Waals surface area contributed by atoms with Gasteiger partial charge in [0.15, 0.2) is 0 Å². The molecule has 1 fully saturated rings. The maximum Gasteiger partial charge on any atom is 0.409 e. The van der Waals surface area contributed by atoms with Crippen LogP contribution in [0.5, 0.6) is 0 Å². The number of benzene rings is 1. The molecule has 1 heterocycles. The van der Waals surface area contributed by atoms with Crippen LogP contribution in [0.1, 0.15) is 19.8 Å². The molecule has 0 saturated carbocycles. The van der Waals surface area contributed by atoms with Crippen LogP contribution in [0.4, 0.5) is 14.9 Å². The molecule has 1 aliphatic rings. The molecule has 10 heteroatoms. The van der Waals surface area contributed by atoms with Crippen LogP contribution in [0.2, 0.25) is 0 Å². The van der Waals surface area contributed by atoms with Gasteiger partial charge in [-0.3, -0.25) is 9.10 Å². The molecule has 0 spiro atoms. The fourth-order valence-electron chi connectivity index (χ4n) is 2.98. The summed E-state index contributed by atoms with van der Waals surface area (Å²) in [6, 6.07) is 5.18. The van der Waals surface area contributed by atoms with E-state index in [9.17, 15) is 22.4 Å². The van der Waals surface area contributed by atoms with E-state index in [0.29, 0.717) is 44.9 Å². The van der Waals surface area contributed by atoms with Crippen molar-refractivity contribution in [3.63, 3.8) is 0 Å². The number of nitrogens with zero attached hydrogens (tertiary/aromatic N) is 3. The summed E-state index contributed by atoms with van der Waals surface area (Å²) in [4.78, 5) is 27.3. The van der Waals surface area contributed by atoms with E-state index in [0.717, 1.165) is 6.26 Å². The molecule has 0 radical (unpaired) electrons. The topological polar surface area (TPSA) is 87.2 Å². The number of piperazine rings is 1. The van der Waals surface area contributed by atoms with Crippen LogP contribution in [-0.2, 0) is 19.6 Å². The molecule has 28 heavy (non-hydrogen) atoms. The van der Waals surface area contributed by atoms with Crippen LogP contribution in [0.3, 0.4) is 0 Å². The van der Waals surface area contributed by atoms with Crippen LogP contribution in [-0.4, -0.2) is 75.8 Å². The van der Waals surface area contributed by atoms with E-state index >= 15 is 0 Å². The Morgan fingerprint density at radius 1 is 1.11 bits per heavy atom. The van der Waals surface area contributed by atoms with Crippen LogP contribution in [0.25, 0.3) is 0 Å². The molecule has 8 nitrogen and oxygen atoms in total. The van der Waals surface area contributed by atoms with Crippen LogP contribution >= 0.6 is 0 Å². The number of halogens is 1. The van der Waals surface area contributed by atoms with E-state index < -0.39 is 15.8 Å². The Kier molecular flexibility index (Phi) is 7.61. The largest absolute Gasteiger partial charge is 0.450 e. The van der Waals surface area contributed by atoms with Crippen molar-refractivity contribution in [3.8, 4) is 0 Å². The minimum atomic E-state index is -3.55. The molecule has 2 rings (SSSR count). The zero-order valence-electron chi connectivity index (χ0n) is 16.1. The molecule has 0 bridgehead atoms. The van der Waals surface area contributed by atoms with Gasteiger partial charge in [0.05, 0.1) is 18.6 Å². The van der Waals surface area contributed by atoms with E-state index in [1.165, 1.54) is 28.6 Å². The highest BCUT2D eigenvalue weighted by Crippen LogP contribution is 2.19. The first kappa shape index (κ1) is 21.9. The third-order valence-corrected chi connectivity index (χ3v) is 5.62. The molecular weight excluding hydrogens is 389 g/mol. The van der Waals surface area contributed by atoms with Crippen molar-refractivity contribution < 1.29 is 27.1 Å². The normalized spacial score (nSPS) is 14.7. The summed E-state index contributed by atoms with van der Waals surface area (Å²) >= 11 is 0. The zero-order chi connectivity index (χ0) is 20.7. The summed E-state index contributed by atoms with van der Waals surface area (Å²) in [6.07, 6.45) is 1.22. The van der Waals surface area contributed by atoms with Gasteiger partial charge in [-0.1, -0.05) is 0 Å². The van der Waals surface area contributed by atoms with Gasteiger partial charge >= 0.3 is 6.09 Å². The molecule has 156 valence electrons. The summed E-state index contributed by atoms with van der Waals surface area (Å²) in [5, 5.41) is 0. The number of carbonyl (C=O) groups is 2. The number of rotatable bonds is 7. The first-order chi connectivity index (χ1) is 13.2. The SMILES string of the molecule is CCOC(=O)N1CCN(C(=O)CCCN(c2ccc(F)cc2)S(C)(=O)=O)CC1. The van der Waals surface area contributed by atoms with Gasteiger partial charge in [0.1, 0.15) is 5.82 Å². The Bertz CT molecular complexity index is 777. The van der Waals surface area contributed by atoms with E-state index in [1.54, 1.807) is 16.7 Å². The molecule has 0 aromatic heterocycles. The standard InChI is InChI=1S/C18H26FN3O5S/c1-3-27-18(24)21-13-11-20(12-14-21)17(23)5-4-10-22(28(2,25)26)16-8-6-15(19)7-9-16/h6-9H,3-5,10-14H2,1-2H3. The molecule has 1 aliphatic heterocycles. The summed E-state index contributed by atoms with van der Waals surface area (Å²) in [7, 11) is -3.55. The third kappa shape index (κ3) is 6.08. The van der Waals surface area contributed by atoms with E-state index in [2.05, 4.69) is 0 Å². The van der Waals surface area contributed by atoms with E-state index in [-0.39, 0.29) is 25.0 Å². The first-order valence-electron chi connectivity index (χ1n) is 9.15. The van der Waals surface area contributed by atoms with Gasteiger partial charge in [-0.2, -0.15) is 0 Å². The van der Waals surface area contributed by atoms with Crippen LogP contribution in [0.15, 0.2) is 24.3 Å². The number of hydrogen-bond donors (Lipinski definition) is 0. The van der Waals surface area contributed by atoms with Gasteiger partial charge < -0.3 is 14.5 Å². The molecule has 1 aromatic carbocycles. The van der Waals surface area contributed by atoms with Crippen molar-refractivity contribution in [3.05, 3.63) is 30.1 Å². The lowest BCUT2D eigenvalue weighted by atomic mass is 10.2. The molecule has 0 atom stereocenters. The van der Waals surface area contributed by atoms with Gasteiger partial charge in [-0.25, -0.2) is 17.6 Å². The van der Waals surface area contributed by atoms with Crippen molar-refractivity contribution in [2.45, 2.75) is 19.8 Å². The number of ether oxygens (including phenoxy) is 1. The average molecular weight is 415 g/mol. The molecular formula is C18H26FN3O5S. The summed E-state index contributed by atoms with van der Waals surface area (Å²) in [5.41, 5.74) is 0.361. The molecule has 0 aliphatic carbocycles. The summed E-state index contributed by atoms with van der Waals surface area (Å²) in [6.45, 7) is 3.84. The Morgan fingerprint density at radius 2 is 1.68 bits per heavy atom. The quantitative estimate of drug-likeness (QED) is 0.676. The number of sulfonamides is 1. The van der Waals surface area contributed by atoms with E-state index in [4.69, 9.17) is 4.74 Å². The predicted molar refractivity (Wildman–Crippen MR) is 103 cm³/mol. The molecule has 0 N–H and O–H groups in total. The van der Waals surface area contributed by atoms with Crippen molar-refractivity contribution in [1.82, 2.24) is 9.80 Å². The summed E-state index contributed by atoms with van der Waals surface area (Å²) < 4.78 is 43.3. The first-order valence-corrected chi connectivity index (χ1v) is 11.0. The minimum absolute atomic E-state index is 0.0870. The fourth-order valence-corrected chi connectivity index (χ4v) is 3.94. The minimum Gasteiger partial charge on any atom is -0.450 e. The van der Waals surface area contributed by atoms with Crippen molar-refractivity contribution in [1.29, 1.82) is 0 Å². The maximum absolute atomic E-state index is 13.1. The average Bonchev–Trinajstić information content (AvgIpc) is 2.65. The van der Waals surface area contributed by atoms with Gasteiger partial charge in [0, 0.05) is 39.1 Å². The van der Waals surface area contributed by atoms with Crippen molar-refractivity contribution in [2.75, 3.05) is 49.9 Å². The fraction of sp³-hybridized carbons (Fsp3) is 0.556. The Labute approximate surface area is 164 Å². The second kappa shape index (κ2) is 9.72. The number of hydrogen-bond acceptors (Lipinski definition) is 5. The molecule has 0 unspecified atom stereocenters. The van der Waals surface area contributed by atoms with Crippen molar-refractivity contribution >= 4 is 27.7 Å². The Balaban J connectivity index is 1.85. The molecule has 2 amide bonds. The molecule has 1 aromatic rings. The second-order valence-electron chi connectivity index (χ2n) is 6.48. The Hall–Kier alpha value is -2.36. The highest BCUT2D eigenvalue weighted by Gasteiger charge is 2.25. The maximum atomic E-state index is 13.1. The highest BCUT2D eigenvalue weighted by atomic mass is 32.2. The number of anilines is 1. The zero-order valence-corrected chi connectivity index (χ0v) is 17.0. The number of carbonyl (C=O) groups excluding carboxylic acids is 2. The summed E-state index contributed by atoms with van der Waals surface area (Å²) in [5.74, 6) is -0.537. The van der Waals surface area contributed by atoms with Crippen LogP contribution < -0.4 is 4.31 Å². The highest BCUT2D eigenvalue weighted by molar-refractivity contribution is 7.92. The van der Waals surface area contributed by atoms with Gasteiger partial charge in [-0.15, -0.1) is 0 Å². The Morgan fingerprint density at radius 3 is 2.21 bits per heavy atom. The van der Waals surface area contributed by atoms with Crippen molar-refractivity contribution in [2.24, 2.45) is 0 Å². The lowest BCUT2D eigenvalue weighted by molar-refractivity contribution is -0.132. The van der Waals surface area contributed by atoms with E-state index in [1.807, 2.05) is 0 Å². The lowest BCUT2D eigenvalue weighted by Crippen LogP contribution is -2.50. The second-order valence-corrected chi connectivity index (χ2v) is 8.39. The monoisotopic (exact) mass is 415 g/mol. The predicted octanol–water partition coefficient (Wildman–Crippen LogP) is 1.67. The van der Waals surface area contributed by atoms with Gasteiger partial charge in [-0.05, 0) is 37.6 Å². The molecule has 1 saturated heterocycles. The lowest BCUT2D eigenvalue weighted by Gasteiger charge is -2.34. The smallest absolute Gasteiger partial charge is 0.409 e. The van der Waals surface area contributed by atoms with Crippen LogP contribution in [0, 0.1) is 5.82 Å². The third-order valence-electron chi connectivity index (χ3n) is 4.43. The van der Waals surface area contributed by atoms with Gasteiger partial charge in [0.25, 0.3) is 0 Å². The van der Waals surface area contributed by atoms with Gasteiger partial charge in [0.2, 0.25) is 15.9 Å². The number of amides is 2.